The van der Waals surface area contributed by atoms with Crippen LogP contribution < -0.4 is 0 Å². The van der Waals surface area contributed by atoms with Gasteiger partial charge < -0.3 is 0 Å². The van der Waals surface area contributed by atoms with E-state index in [2.05, 4.69) is 30.7 Å². The minimum Gasteiger partial charge on any atom is -0.299 e. The monoisotopic (exact) mass is 220 g/mol. The van der Waals surface area contributed by atoms with Crippen LogP contribution in [0.15, 0.2) is 6.07 Å². The maximum atomic E-state index is 11.7. The number of rotatable bonds is 5. The Balaban J connectivity index is 2.73. The fourth-order valence-electron chi connectivity index (χ4n) is 1.70. The van der Waals surface area contributed by atoms with Crippen LogP contribution in [0.3, 0.4) is 0 Å². The van der Waals surface area contributed by atoms with E-state index in [4.69, 9.17) is 0 Å². The number of Topliss-reactive ketones (excluding diaryl/α,β-unsaturated/α-hetero) is 1. The van der Waals surface area contributed by atoms with Crippen LogP contribution in [-0.2, 0) is 17.6 Å². The largest absolute Gasteiger partial charge is 0.299 e. The van der Waals surface area contributed by atoms with Gasteiger partial charge in [0.2, 0.25) is 0 Å². The van der Waals surface area contributed by atoms with Gasteiger partial charge in [-0.2, -0.15) is 0 Å². The topological polar surface area (TPSA) is 42.9 Å². The first-order valence-electron chi connectivity index (χ1n) is 5.86. The molecule has 0 unspecified atom stereocenters. The predicted molar refractivity (Wildman–Crippen MR) is 64.3 cm³/mol. The molecule has 0 atom stereocenters. The zero-order valence-electron chi connectivity index (χ0n) is 10.6. The molecule has 1 rings (SSSR count). The molecule has 0 saturated heterocycles. The van der Waals surface area contributed by atoms with Crippen molar-refractivity contribution >= 4 is 5.78 Å². The second kappa shape index (κ2) is 5.73. The van der Waals surface area contributed by atoms with E-state index in [1.807, 2.05) is 13.0 Å². The quantitative estimate of drug-likeness (QED) is 0.765. The molecule has 0 N–H and O–H groups in total. The number of ketones is 1. The molecule has 3 heteroatoms. The van der Waals surface area contributed by atoms with Gasteiger partial charge in [0.25, 0.3) is 0 Å². The van der Waals surface area contributed by atoms with Crippen molar-refractivity contribution in [3.05, 3.63) is 23.3 Å². The van der Waals surface area contributed by atoms with Crippen molar-refractivity contribution in [2.75, 3.05) is 0 Å². The number of carbonyl (C=O) groups is 1. The molecule has 0 aromatic carbocycles. The van der Waals surface area contributed by atoms with Gasteiger partial charge in [-0.05, 0) is 25.3 Å². The Kier molecular flexibility index (Phi) is 4.59. The maximum Gasteiger partial charge on any atom is 0.139 e. The van der Waals surface area contributed by atoms with Gasteiger partial charge in [0.15, 0.2) is 0 Å². The Morgan fingerprint density at radius 3 is 2.50 bits per heavy atom. The molecule has 0 aliphatic carbocycles. The molecule has 0 fully saturated rings. The number of aromatic nitrogens is 2. The van der Waals surface area contributed by atoms with Crippen molar-refractivity contribution in [1.82, 2.24) is 9.97 Å². The lowest BCUT2D eigenvalue weighted by Gasteiger charge is -2.05. The molecule has 0 aliphatic heterocycles. The van der Waals surface area contributed by atoms with Crippen LogP contribution in [0.5, 0.6) is 0 Å². The first kappa shape index (κ1) is 12.8. The summed E-state index contributed by atoms with van der Waals surface area (Å²) in [5.41, 5.74) is 1.87. The summed E-state index contributed by atoms with van der Waals surface area (Å²) in [6.45, 7) is 8.04. The van der Waals surface area contributed by atoms with Crippen LogP contribution in [0.25, 0.3) is 0 Å². The first-order valence-corrected chi connectivity index (χ1v) is 5.86. The molecular formula is C13H20N2O. The summed E-state index contributed by atoms with van der Waals surface area (Å²) in [5, 5.41) is 0. The molecule has 88 valence electrons. The van der Waals surface area contributed by atoms with E-state index >= 15 is 0 Å². The number of hydrogen-bond acceptors (Lipinski definition) is 3. The van der Waals surface area contributed by atoms with Crippen LogP contribution in [0, 0.1) is 12.8 Å². The second-order valence-corrected chi connectivity index (χ2v) is 4.56. The van der Waals surface area contributed by atoms with Crippen LogP contribution in [0.1, 0.15) is 44.4 Å². The number of hydrogen-bond donors (Lipinski definition) is 0. The van der Waals surface area contributed by atoms with E-state index in [0.29, 0.717) is 18.8 Å². The Labute approximate surface area is 97.3 Å². The lowest BCUT2D eigenvalue weighted by Crippen LogP contribution is -2.09. The predicted octanol–water partition coefficient (Wildman–Crippen LogP) is 2.51. The minimum atomic E-state index is 0.259. The van der Waals surface area contributed by atoms with Gasteiger partial charge in [-0.1, -0.05) is 20.8 Å². The minimum absolute atomic E-state index is 0.259. The maximum absolute atomic E-state index is 11.7. The first-order chi connectivity index (χ1) is 7.51. The van der Waals surface area contributed by atoms with Gasteiger partial charge >= 0.3 is 0 Å². The fraction of sp³-hybridized carbons (Fsp3) is 0.615. The third kappa shape index (κ3) is 4.09. The van der Waals surface area contributed by atoms with Gasteiger partial charge in [0.1, 0.15) is 11.6 Å². The van der Waals surface area contributed by atoms with Crippen molar-refractivity contribution in [2.45, 2.75) is 47.0 Å². The number of nitrogens with zero attached hydrogens (tertiary/aromatic N) is 2. The summed E-state index contributed by atoms with van der Waals surface area (Å²) in [7, 11) is 0. The zero-order valence-corrected chi connectivity index (χ0v) is 10.6. The highest BCUT2D eigenvalue weighted by Crippen LogP contribution is 2.07. The average Bonchev–Trinajstić information content (AvgIpc) is 2.14. The van der Waals surface area contributed by atoms with E-state index in [9.17, 15) is 4.79 Å². The Morgan fingerprint density at radius 2 is 1.94 bits per heavy atom. The van der Waals surface area contributed by atoms with E-state index < -0.39 is 0 Å². The van der Waals surface area contributed by atoms with Gasteiger partial charge in [-0.3, -0.25) is 4.79 Å². The van der Waals surface area contributed by atoms with Crippen molar-refractivity contribution in [2.24, 2.45) is 5.92 Å². The number of carbonyl (C=O) groups excluding carboxylic acids is 1. The summed E-state index contributed by atoms with van der Waals surface area (Å²) in [4.78, 5) is 20.3. The summed E-state index contributed by atoms with van der Waals surface area (Å²) >= 11 is 0. The molecule has 1 heterocycles. The van der Waals surface area contributed by atoms with E-state index in [1.165, 1.54) is 0 Å². The summed E-state index contributed by atoms with van der Waals surface area (Å²) in [5.74, 6) is 1.43. The second-order valence-electron chi connectivity index (χ2n) is 4.56. The molecule has 0 aliphatic rings. The van der Waals surface area contributed by atoms with E-state index in [1.54, 1.807) is 0 Å². The molecule has 1 aromatic heterocycles. The lowest BCUT2D eigenvalue weighted by atomic mass is 10.0. The smallest absolute Gasteiger partial charge is 0.139 e. The van der Waals surface area contributed by atoms with Crippen LogP contribution >= 0.6 is 0 Å². The van der Waals surface area contributed by atoms with Gasteiger partial charge in [-0.15, -0.1) is 0 Å². The molecule has 0 saturated carbocycles. The molecule has 16 heavy (non-hydrogen) atoms. The molecule has 1 aromatic rings. The molecule has 0 radical (unpaired) electrons. The van der Waals surface area contributed by atoms with Crippen molar-refractivity contribution in [3.63, 3.8) is 0 Å². The zero-order chi connectivity index (χ0) is 12.1. The molecule has 0 amide bonds. The highest BCUT2D eigenvalue weighted by molar-refractivity contribution is 5.80. The highest BCUT2D eigenvalue weighted by atomic mass is 16.1. The molecule has 3 nitrogen and oxygen atoms in total. The molecule has 0 spiro atoms. The van der Waals surface area contributed by atoms with Crippen molar-refractivity contribution in [1.29, 1.82) is 0 Å². The molecule has 0 bridgehead atoms. The van der Waals surface area contributed by atoms with Gasteiger partial charge in [-0.25, -0.2) is 9.97 Å². The number of aryl methyl sites for hydroxylation is 2. The van der Waals surface area contributed by atoms with E-state index in [0.717, 1.165) is 23.6 Å². The fourth-order valence-corrected chi connectivity index (χ4v) is 1.70. The third-order valence-corrected chi connectivity index (χ3v) is 2.32. The van der Waals surface area contributed by atoms with Crippen LogP contribution in [0.2, 0.25) is 0 Å². The molecular weight excluding hydrogens is 200 g/mol. The summed E-state index contributed by atoms with van der Waals surface area (Å²) < 4.78 is 0. The van der Waals surface area contributed by atoms with E-state index in [-0.39, 0.29) is 5.78 Å². The normalized spacial score (nSPS) is 10.8. The standard InChI is InChI=1S/C13H20N2O/c1-5-11-7-12(15-10(4)14-11)8-13(16)6-9(2)3/h7,9H,5-6,8H2,1-4H3. The Hall–Kier alpha value is -1.25. The summed E-state index contributed by atoms with van der Waals surface area (Å²) in [6.07, 6.45) is 1.95. The Bertz CT molecular complexity index is 372. The highest BCUT2D eigenvalue weighted by Gasteiger charge is 2.08. The third-order valence-electron chi connectivity index (χ3n) is 2.32. The van der Waals surface area contributed by atoms with Crippen molar-refractivity contribution in [3.8, 4) is 0 Å². The average molecular weight is 220 g/mol. The van der Waals surface area contributed by atoms with Gasteiger partial charge in [0.05, 0.1) is 5.69 Å². The summed E-state index contributed by atoms with van der Waals surface area (Å²) in [6, 6.07) is 1.94. The van der Waals surface area contributed by atoms with Crippen LogP contribution in [-0.4, -0.2) is 15.8 Å². The van der Waals surface area contributed by atoms with Crippen LogP contribution in [0.4, 0.5) is 0 Å². The Morgan fingerprint density at radius 1 is 1.31 bits per heavy atom. The van der Waals surface area contributed by atoms with Gasteiger partial charge in [0, 0.05) is 18.5 Å². The van der Waals surface area contributed by atoms with Crippen molar-refractivity contribution < 1.29 is 4.79 Å². The lowest BCUT2D eigenvalue weighted by molar-refractivity contribution is -0.119. The SMILES string of the molecule is CCc1cc(CC(=O)CC(C)C)nc(C)n1.